The van der Waals surface area contributed by atoms with E-state index in [0.717, 1.165) is 49.3 Å². The molecule has 0 unspecified atom stereocenters. The number of hydrogen-bond donors (Lipinski definition) is 1. The number of aryl methyl sites for hydroxylation is 3. The van der Waals surface area contributed by atoms with Gasteiger partial charge in [0, 0.05) is 23.5 Å². The van der Waals surface area contributed by atoms with Gasteiger partial charge in [0.2, 0.25) is 0 Å². The highest BCUT2D eigenvalue weighted by Crippen LogP contribution is 2.28. The van der Waals surface area contributed by atoms with E-state index in [1.54, 1.807) is 0 Å². The van der Waals surface area contributed by atoms with Crippen molar-refractivity contribution in [3.8, 4) is 11.4 Å². The van der Waals surface area contributed by atoms with E-state index in [9.17, 15) is 0 Å². The fourth-order valence-electron chi connectivity index (χ4n) is 2.85. The van der Waals surface area contributed by atoms with Crippen LogP contribution in [-0.4, -0.2) is 19.7 Å². The van der Waals surface area contributed by atoms with Crippen LogP contribution in [0.1, 0.15) is 43.1 Å². The number of aromatic nitrogens is 4. The first-order chi connectivity index (χ1) is 9.70. The first kappa shape index (κ1) is 13.5. The smallest absolute Gasteiger partial charge is 0.195 e. The lowest BCUT2D eigenvalue weighted by Gasteiger charge is -2.10. The SMILES string of the molecule is CCCCn1c(-c2cc3c(nc2C)CCC3)n[nH]c1=S. The Morgan fingerprint density at radius 2 is 2.25 bits per heavy atom. The Hall–Kier alpha value is -1.49. The highest BCUT2D eigenvalue weighted by atomic mass is 32.1. The number of rotatable bonds is 4. The van der Waals surface area contributed by atoms with E-state index in [2.05, 4.69) is 34.7 Å². The molecule has 0 aliphatic heterocycles. The molecule has 0 saturated carbocycles. The Bertz CT molecular complexity index is 684. The van der Waals surface area contributed by atoms with Crippen LogP contribution >= 0.6 is 12.2 Å². The summed E-state index contributed by atoms with van der Waals surface area (Å²) in [6, 6.07) is 2.26. The number of pyridine rings is 1. The fourth-order valence-corrected chi connectivity index (χ4v) is 3.07. The van der Waals surface area contributed by atoms with Crippen LogP contribution in [-0.2, 0) is 19.4 Å². The maximum atomic E-state index is 5.35. The molecular weight excluding hydrogens is 268 g/mol. The molecule has 0 atom stereocenters. The summed E-state index contributed by atoms with van der Waals surface area (Å²) < 4.78 is 2.80. The molecule has 0 amide bonds. The third-order valence-corrected chi connectivity index (χ3v) is 4.29. The topological polar surface area (TPSA) is 46.5 Å². The number of fused-ring (bicyclic) bond motifs is 1. The average Bonchev–Trinajstić information content (AvgIpc) is 3.02. The van der Waals surface area contributed by atoms with Crippen LogP contribution in [0.4, 0.5) is 0 Å². The zero-order valence-electron chi connectivity index (χ0n) is 12.1. The van der Waals surface area contributed by atoms with Gasteiger partial charge in [-0.25, -0.2) is 0 Å². The van der Waals surface area contributed by atoms with Crippen LogP contribution in [0.25, 0.3) is 11.4 Å². The molecule has 4 nitrogen and oxygen atoms in total. The van der Waals surface area contributed by atoms with Gasteiger partial charge in [-0.1, -0.05) is 13.3 Å². The van der Waals surface area contributed by atoms with E-state index < -0.39 is 0 Å². The van der Waals surface area contributed by atoms with Crippen molar-refractivity contribution < 1.29 is 0 Å². The van der Waals surface area contributed by atoms with Crippen LogP contribution in [0.3, 0.4) is 0 Å². The Morgan fingerprint density at radius 3 is 3.05 bits per heavy atom. The van der Waals surface area contributed by atoms with E-state index in [1.165, 1.54) is 17.7 Å². The van der Waals surface area contributed by atoms with Crippen molar-refractivity contribution in [2.45, 2.75) is 52.5 Å². The standard InChI is InChI=1S/C15H20N4S/c1-3-4-8-19-14(17-18-15(19)20)12-9-11-6-5-7-13(11)16-10(12)2/h9H,3-8H2,1-2H3,(H,18,20). The Balaban J connectivity index is 2.07. The lowest BCUT2D eigenvalue weighted by molar-refractivity contribution is 0.628. The van der Waals surface area contributed by atoms with Gasteiger partial charge in [-0.3, -0.25) is 10.1 Å². The summed E-state index contributed by atoms with van der Waals surface area (Å²) >= 11 is 5.35. The monoisotopic (exact) mass is 288 g/mol. The van der Waals surface area contributed by atoms with Crippen molar-refractivity contribution in [2.75, 3.05) is 0 Å². The van der Waals surface area contributed by atoms with E-state index in [-0.39, 0.29) is 0 Å². The molecule has 0 spiro atoms. The molecule has 5 heteroatoms. The quantitative estimate of drug-likeness (QED) is 0.874. The van der Waals surface area contributed by atoms with Gasteiger partial charge >= 0.3 is 0 Å². The zero-order chi connectivity index (χ0) is 14.1. The molecule has 106 valence electrons. The summed E-state index contributed by atoms with van der Waals surface area (Å²) in [5.41, 5.74) is 4.81. The molecule has 3 rings (SSSR count). The van der Waals surface area contributed by atoms with E-state index in [1.807, 2.05) is 0 Å². The Labute approximate surface area is 124 Å². The Kier molecular flexibility index (Phi) is 3.70. The van der Waals surface area contributed by atoms with Crippen molar-refractivity contribution in [3.05, 3.63) is 27.8 Å². The second kappa shape index (κ2) is 5.48. The van der Waals surface area contributed by atoms with Crippen LogP contribution in [0.15, 0.2) is 6.07 Å². The van der Waals surface area contributed by atoms with Crippen LogP contribution < -0.4 is 0 Å². The summed E-state index contributed by atoms with van der Waals surface area (Å²) in [6.07, 6.45) is 5.72. The van der Waals surface area contributed by atoms with Gasteiger partial charge in [-0.15, -0.1) is 0 Å². The summed E-state index contributed by atoms with van der Waals surface area (Å²) in [7, 11) is 0. The van der Waals surface area contributed by atoms with Gasteiger partial charge in [-0.05, 0) is 56.5 Å². The molecule has 0 bridgehead atoms. The van der Waals surface area contributed by atoms with Crippen molar-refractivity contribution >= 4 is 12.2 Å². The molecular formula is C15H20N4S. The molecule has 1 aliphatic rings. The third-order valence-electron chi connectivity index (χ3n) is 3.98. The minimum atomic E-state index is 0.702. The molecule has 0 aromatic carbocycles. The minimum Gasteiger partial charge on any atom is -0.300 e. The number of H-pyrrole nitrogens is 1. The minimum absolute atomic E-state index is 0.702. The zero-order valence-corrected chi connectivity index (χ0v) is 12.9. The molecule has 0 fully saturated rings. The van der Waals surface area contributed by atoms with Gasteiger partial charge < -0.3 is 4.57 Å². The van der Waals surface area contributed by atoms with Crippen molar-refractivity contribution in [1.29, 1.82) is 0 Å². The summed E-state index contributed by atoms with van der Waals surface area (Å²) in [4.78, 5) is 4.76. The summed E-state index contributed by atoms with van der Waals surface area (Å²) in [5, 5.41) is 7.36. The molecule has 1 N–H and O–H groups in total. The number of unbranched alkanes of at least 4 members (excludes halogenated alkanes) is 1. The molecule has 1 aliphatic carbocycles. The van der Waals surface area contributed by atoms with Crippen LogP contribution in [0.2, 0.25) is 0 Å². The van der Waals surface area contributed by atoms with Crippen LogP contribution in [0.5, 0.6) is 0 Å². The van der Waals surface area contributed by atoms with Crippen molar-refractivity contribution in [3.63, 3.8) is 0 Å². The lowest BCUT2D eigenvalue weighted by atomic mass is 10.1. The highest BCUT2D eigenvalue weighted by Gasteiger charge is 2.18. The fraction of sp³-hybridized carbons (Fsp3) is 0.533. The predicted octanol–water partition coefficient (Wildman–Crippen LogP) is 3.60. The van der Waals surface area contributed by atoms with E-state index >= 15 is 0 Å². The van der Waals surface area contributed by atoms with Gasteiger partial charge in [-0.2, -0.15) is 5.10 Å². The van der Waals surface area contributed by atoms with Crippen molar-refractivity contribution in [1.82, 2.24) is 19.7 Å². The molecule has 2 aromatic rings. The van der Waals surface area contributed by atoms with Gasteiger partial charge in [0.15, 0.2) is 10.6 Å². The number of nitrogens with zero attached hydrogens (tertiary/aromatic N) is 3. The van der Waals surface area contributed by atoms with E-state index in [4.69, 9.17) is 17.2 Å². The average molecular weight is 288 g/mol. The molecule has 0 saturated heterocycles. The van der Waals surface area contributed by atoms with Crippen LogP contribution in [0, 0.1) is 11.7 Å². The van der Waals surface area contributed by atoms with Gasteiger partial charge in [0.05, 0.1) is 0 Å². The lowest BCUT2D eigenvalue weighted by Crippen LogP contribution is -2.04. The maximum Gasteiger partial charge on any atom is 0.195 e. The molecule has 20 heavy (non-hydrogen) atoms. The second-order valence-corrected chi connectivity index (χ2v) is 5.82. The summed E-state index contributed by atoms with van der Waals surface area (Å²) in [5.74, 6) is 0.933. The third kappa shape index (κ3) is 2.30. The number of hydrogen-bond acceptors (Lipinski definition) is 3. The van der Waals surface area contributed by atoms with Crippen molar-refractivity contribution in [2.24, 2.45) is 0 Å². The molecule has 2 heterocycles. The largest absolute Gasteiger partial charge is 0.300 e. The maximum absolute atomic E-state index is 5.35. The first-order valence-corrected chi connectivity index (χ1v) is 7.76. The molecule has 0 radical (unpaired) electrons. The second-order valence-electron chi connectivity index (χ2n) is 5.44. The normalized spacial score (nSPS) is 13.7. The number of nitrogens with one attached hydrogen (secondary N) is 1. The summed E-state index contributed by atoms with van der Waals surface area (Å²) in [6.45, 7) is 5.17. The Morgan fingerprint density at radius 1 is 1.40 bits per heavy atom. The van der Waals surface area contributed by atoms with E-state index in [0.29, 0.717) is 4.77 Å². The number of aromatic amines is 1. The van der Waals surface area contributed by atoms with Gasteiger partial charge in [0.1, 0.15) is 0 Å². The predicted molar refractivity (Wildman–Crippen MR) is 82.3 cm³/mol. The highest BCUT2D eigenvalue weighted by molar-refractivity contribution is 7.71. The molecule has 2 aromatic heterocycles. The van der Waals surface area contributed by atoms with Gasteiger partial charge in [0.25, 0.3) is 0 Å². The first-order valence-electron chi connectivity index (χ1n) is 7.35.